The van der Waals surface area contributed by atoms with Gasteiger partial charge in [0.25, 0.3) is 0 Å². The summed E-state index contributed by atoms with van der Waals surface area (Å²) in [5, 5.41) is 2.42. The van der Waals surface area contributed by atoms with Crippen molar-refractivity contribution in [3.63, 3.8) is 0 Å². The average Bonchev–Trinajstić information content (AvgIpc) is 3.81. The molecule has 0 spiro atoms. The van der Waals surface area contributed by atoms with Gasteiger partial charge in [-0.3, -0.25) is 0 Å². The zero-order valence-corrected chi connectivity index (χ0v) is 31.3. The first kappa shape index (κ1) is 31.6. The Morgan fingerprint density at radius 1 is 0.431 bits per heavy atom. The summed E-state index contributed by atoms with van der Waals surface area (Å²) in [4.78, 5) is 2.47. The van der Waals surface area contributed by atoms with E-state index in [0.29, 0.717) is 0 Å². The largest absolute Gasteiger partial charge is 0.482 e. The number of rotatable bonds is 4. The standard InChI is InChI=1S/C54H34N2O2/c1-3-17-49-47(15-1)55-45-27-25-39(31-43(45)41-13-7-19-51(57-49)53(41)55)34-23-21-33(22-24-34)35-9-5-10-36(29-35)37-11-6-12-38(30-37)40-26-28-46-44(32-40)42-14-8-20-52-54(42)56(46)48-16-2-4-18-50(48)58-52/h1-32,52,54H. The maximum atomic E-state index is 6.47. The number of allylic oxidation sites excluding steroid dienone is 2. The lowest BCUT2D eigenvalue weighted by molar-refractivity contribution is 0.224. The molecule has 8 aromatic carbocycles. The van der Waals surface area contributed by atoms with Crippen molar-refractivity contribution >= 4 is 38.8 Å². The van der Waals surface area contributed by atoms with Crippen LogP contribution in [-0.2, 0) is 0 Å². The third-order valence-corrected chi connectivity index (χ3v) is 12.5. The second-order valence-electron chi connectivity index (χ2n) is 15.6. The molecule has 0 N–H and O–H groups in total. The van der Waals surface area contributed by atoms with E-state index in [0.717, 1.165) is 34.1 Å². The summed E-state index contributed by atoms with van der Waals surface area (Å²) >= 11 is 0. The summed E-state index contributed by atoms with van der Waals surface area (Å²) in [6.07, 6.45) is 6.58. The van der Waals surface area contributed by atoms with E-state index in [-0.39, 0.29) is 12.1 Å². The van der Waals surface area contributed by atoms with Gasteiger partial charge >= 0.3 is 0 Å². The van der Waals surface area contributed by atoms with E-state index >= 15 is 0 Å². The molecule has 0 bridgehead atoms. The van der Waals surface area contributed by atoms with Gasteiger partial charge in [0, 0.05) is 22.0 Å². The van der Waals surface area contributed by atoms with Crippen molar-refractivity contribution in [2.75, 3.05) is 4.90 Å². The predicted octanol–water partition coefficient (Wildman–Crippen LogP) is 13.8. The van der Waals surface area contributed by atoms with Gasteiger partial charge in [0.1, 0.15) is 17.9 Å². The Bertz CT molecular complexity index is 3260. The summed E-state index contributed by atoms with van der Waals surface area (Å²) in [6.45, 7) is 0. The molecule has 272 valence electrons. The first-order valence-electron chi connectivity index (χ1n) is 20.0. The molecule has 2 atom stereocenters. The smallest absolute Gasteiger partial charge is 0.152 e. The highest BCUT2D eigenvalue weighted by Gasteiger charge is 2.45. The molecule has 0 saturated carbocycles. The van der Waals surface area contributed by atoms with Crippen molar-refractivity contribution in [3.8, 4) is 67.4 Å². The number of fused-ring (bicyclic) bond motifs is 10. The molecule has 0 saturated heterocycles. The molecule has 4 heterocycles. The van der Waals surface area contributed by atoms with Gasteiger partial charge in [0.15, 0.2) is 11.5 Å². The van der Waals surface area contributed by atoms with E-state index < -0.39 is 0 Å². The Kier molecular flexibility index (Phi) is 6.53. The first-order valence-corrected chi connectivity index (χ1v) is 20.0. The fraction of sp³-hybridized carbons (Fsp3) is 0.0370. The summed E-state index contributed by atoms with van der Waals surface area (Å²) < 4.78 is 15.1. The lowest BCUT2D eigenvalue weighted by atomic mass is 9.91. The van der Waals surface area contributed by atoms with E-state index in [9.17, 15) is 0 Å². The second kappa shape index (κ2) is 12.0. The first-order chi connectivity index (χ1) is 28.7. The predicted molar refractivity (Wildman–Crippen MR) is 237 cm³/mol. The van der Waals surface area contributed by atoms with E-state index in [2.05, 4.69) is 191 Å². The number of para-hydroxylation sites is 5. The van der Waals surface area contributed by atoms with Crippen molar-refractivity contribution in [1.82, 2.24) is 4.57 Å². The molecule has 13 rings (SSSR count). The molecule has 9 aromatic rings. The van der Waals surface area contributed by atoms with E-state index in [1.807, 2.05) is 12.1 Å². The Hall–Kier alpha value is -7.56. The van der Waals surface area contributed by atoms with Crippen LogP contribution < -0.4 is 14.4 Å². The molecule has 0 amide bonds. The molecule has 1 aliphatic carbocycles. The van der Waals surface area contributed by atoms with Crippen LogP contribution in [0, 0.1) is 0 Å². The second-order valence-corrected chi connectivity index (χ2v) is 15.6. The molecule has 3 aliphatic heterocycles. The third-order valence-electron chi connectivity index (χ3n) is 12.5. The average molecular weight is 743 g/mol. The fourth-order valence-electron chi connectivity index (χ4n) is 9.79. The Balaban J connectivity index is 0.812. The van der Waals surface area contributed by atoms with Gasteiger partial charge in [-0.15, -0.1) is 0 Å². The SMILES string of the molecule is C1=CC2Oc3ccccc3N3c4ccc(-c5cccc(-c6cccc(-c7ccc(-c8ccc9c(c8)c8cccc%10c8n9-c8ccccc8O%10)cc7)c6)c5)cc4C(=C1)C23. The highest BCUT2D eigenvalue weighted by molar-refractivity contribution is 6.13. The summed E-state index contributed by atoms with van der Waals surface area (Å²) in [5.41, 5.74) is 17.9. The topological polar surface area (TPSA) is 26.6 Å². The quantitative estimate of drug-likeness (QED) is 0.180. The molecule has 4 aliphatic rings. The molecule has 0 radical (unpaired) electrons. The minimum atomic E-state index is -0.0108. The molecule has 58 heavy (non-hydrogen) atoms. The van der Waals surface area contributed by atoms with Crippen LogP contribution >= 0.6 is 0 Å². The van der Waals surface area contributed by atoms with Crippen LogP contribution in [0.1, 0.15) is 5.56 Å². The van der Waals surface area contributed by atoms with Crippen LogP contribution in [0.15, 0.2) is 194 Å². The Labute approximate surface area is 335 Å². The third kappa shape index (κ3) is 4.57. The zero-order chi connectivity index (χ0) is 37.9. The maximum Gasteiger partial charge on any atom is 0.152 e. The van der Waals surface area contributed by atoms with Gasteiger partial charge in [0.2, 0.25) is 0 Å². The number of hydrogen-bond donors (Lipinski definition) is 0. The molecule has 4 nitrogen and oxygen atoms in total. The summed E-state index contributed by atoms with van der Waals surface area (Å²) in [7, 11) is 0. The minimum absolute atomic E-state index is 0.0108. The molecular weight excluding hydrogens is 709 g/mol. The highest BCUT2D eigenvalue weighted by Crippen LogP contribution is 2.54. The number of ether oxygens (including phenoxy) is 2. The van der Waals surface area contributed by atoms with Crippen LogP contribution in [0.25, 0.3) is 77.6 Å². The van der Waals surface area contributed by atoms with Gasteiger partial charge in [-0.2, -0.15) is 0 Å². The van der Waals surface area contributed by atoms with Crippen LogP contribution in [0.2, 0.25) is 0 Å². The maximum absolute atomic E-state index is 6.47. The number of hydrogen-bond acceptors (Lipinski definition) is 3. The van der Waals surface area contributed by atoms with E-state index in [4.69, 9.17) is 9.47 Å². The van der Waals surface area contributed by atoms with Crippen LogP contribution in [0.3, 0.4) is 0 Å². The van der Waals surface area contributed by atoms with Crippen LogP contribution in [0.5, 0.6) is 17.2 Å². The van der Waals surface area contributed by atoms with Crippen LogP contribution in [0.4, 0.5) is 11.4 Å². The van der Waals surface area contributed by atoms with Crippen molar-refractivity contribution in [1.29, 1.82) is 0 Å². The van der Waals surface area contributed by atoms with E-state index in [1.54, 1.807) is 0 Å². The van der Waals surface area contributed by atoms with Crippen molar-refractivity contribution in [2.45, 2.75) is 12.1 Å². The number of aromatic nitrogens is 1. The lowest BCUT2D eigenvalue weighted by Gasteiger charge is -2.39. The van der Waals surface area contributed by atoms with Crippen molar-refractivity contribution in [3.05, 3.63) is 200 Å². The van der Waals surface area contributed by atoms with Gasteiger partial charge in [-0.1, -0.05) is 121 Å². The number of benzene rings is 8. The number of nitrogens with zero attached hydrogens (tertiary/aromatic N) is 2. The lowest BCUT2D eigenvalue weighted by Crippen LogP contribution is -2.44. The monoisotopic (exact) mass is 742 g/mol. The van der Waals surface area contributed by atoms with Crippen molar-refractivity contribution in [2.24, 2.45) is 0 Å². The van der Waals surface area contributed by atoms with Gasteiger partial charge in [-0.05, 0) is 123 Å². The summed E-state index contributed by atoms with van der Waals surface area (Å²) in [5.74, 6) is 2.71. The van der Waals surface area contributed by atoms with Gasteiger partial charge < -0.3 is 18.9 Å². The fourth-order valence-corrected chi connectivity index (χ4v) is 9.79. The molecule has 0 fully saturated rings. The Morgan fingerprint density at radius 3 is 1.81 bits per heavy atom. The molecule has 4 heteroatoms. The zero-order valence-electron chi connectivity index (χ0n) is 31.3. The number of anilines is 2. The Morgan fingerprint density at radius 2 is 1.03 bits per heavy atom. The molecular formula is C54H34N2O2. The van der Waals surface area contributed by atoms with Gasteiger partial charge in [0.05, 0.1) is 22.4 Å². The minimum Gasteiger partial charge on any atom is -0.482 e. The van der Waals surface area contributed by atoms with Crippen molar-refractivity contribution < 1.29 is 9.47 Å². The van der Waals surface area contributed by atoms with Crippen LogP contribution in [-0.4, -0.2) is 16.7 Å². The normalized spacial score (nSPS) is 16.6. The van der Waals surface area contributed by atoms with E-state index in [1.165, 1.54) is 77.6 Å². The van der Waals surface area contributed by atoms with Gasteiger partial charge in [-0.25, -0.2) is 0 Å². The molecule has 1 aromatic heterocycles. The molecule has 2 unspecified atom stereocenters. The summed E-state index contributed by atoms with van der Waals surface area (Å²) in [6, 6.07) is 63.7. The highest BCUT2D eigenvalue weighted by atomic mass is 16.5.